The van der Waals surface area contributed by atoms with Crippen LogP contribution in [0.5, 0.6) is 0 Å². The smallest absolute Gasteiger partial charge is 0.469 e. The number of carboxylic acid groups (broad SMARTS) is 1. The van der Waals surface area contributed by atoms with Crippen LogP contribution >= 0.6 is 7.82 Å². The number of hydrogen-bond acceptors (Lipinski definition) is 4. The van der Waals surface area contributed by atoms with E-state index >= 15 is 0 Å². The van der Waals surface area contributed by atoms with Crippen LogP contribution in [-0.2, 0) is 18.6 Å². The molecule has 8 heteroatoms. The highest BCUT2D eigenvalue weighted by molar-refractivity contribution is 7.46. The minimum atomic E-state index is -4.47. The molecule has 0 aliphatic rings. The molecular weight excluding hydrogens is 215 g/mol. The molecule has 0 fully saturated rings. The van der Waals surface area contributed by atoms with Crippen molar-refractivity contribution in [3.05, 3.63) is 11.8 Å². The van der Waals surface area contributed by atoms with E-state index in [1.54, 1.807) is 0 Å². The Hall–Kier alpha value is -0.880. The summed E-state index contributed by atoms with van der Waals surface area (Å²) in [5, 5.41) is 8.36. The molecule has 0 aliphatic carbocycles. The molecule has 0 amide bonds. The number of hydrogen-bond donors (Lipinski definition) is 3. The molecule has 0 saturated carbocycles. The van der Waals surface area contributed by atoms with Crippen LogP contribution in [0.2, 0.25) is 0 Å². The summed E-state index contributed by atoms with van der Waals surface area (Å²) in [6.07, 6.45) is 0.978. The van der Waals surface area contributed by atoms with Crippen molar-refractivity contribution < 1.29 is 33.5 Å². The van der Waals surface area contributed by atoms with Crippen molar-refractivity contribution >= 4 is 13.8 Å². The molecule has 7 nitrogen and oxygen atoms in total. The fourth-order valence-electron chi connectivity index (χ4n) is 0.439. The quantitative estimate of drug-likeness (QED) is 0.254. The Labute approximate surface area is 80.2 Å². The highest BCUT2D eigenvalue weighted by atomic mass is 31.2. The van der Waals surface area contributed by atoms with Crippen molar-refractivity contribution in [3.8, 4) is 0 Å². The van der Waals surface area contributed by atoms with E-state index in [2.05, 4.69) is 9.26 Å². The van der Waals surface area contributed by atoms with Crippen LogP contribution in [0.15, 0.2) is 11.8 Å². The van der Waals surface area contributed by atoms with E-state index in [-0.39, 0.29) is 18.8 Å². The van der Waals surface area contributed by atoms with Crippen molar-refractivity contribution in [1.82, 2.24) is 0 Å². The second kappa shape index (κ2) is 5.77. The first-order valence-corrected chi connectivity index (χ1v) is 5.07. The van der Waals surface area contributed by atoms with Gasteiger partial charge in [0.25, 0.3) is 0 Å². The second-order valence-corrected chi connectivity index (χ2v) is 3.54. The predicted octanol–water partition coefficient (Wildman–Crippen LogP) is 0.101. The summed E-state index contributed by atoms with van der Waals surface area (Å²) in [5.74, 6) is -1.12. The normalized spacial score (nSPS) is 12.6. The Bertz CT molecular complexity index is 265. The summed E-state index contributed by atoms with van der Waals surface area (Å²) in [4.78, 5) is 26.7. The van der Waals surface area contributed by atoms with Crippen LogP contribution in [0.3, 0.4) is 0 Å². The Balaban J connectivity index is 3.62. The summed E-state index contributed by atoms with van der Waals surface area (Å²) >= 11 is 0. The third kappa shape index (κ3) is 7.75. The van der Waals surface area contributed by atoms with Crippen molar-refractivity contribution in [2.75, 3.05) is 13.2 Å². The summed E-state index contributed by atoms with van der Waals surface area (Å²) < 4.78 is 18.8. The van der Waals surface area contributed by atoms with Gasteiger partial charge >= 0.3 is 13.8 Å². The molecule has 0 aliphatic heterocycles. The third-order valence-electron chi connectivity index (χ3n) is 1.06. The zero-order valence-electron chi connectivity index (χ0n) is 7.41. The van der Waals surface area contributed by atoms with Crippen molar-refractivity contribution in [3.63, 3.8) is 0 Å². The van der Waals surface area contributed by atoms with Crippen LogP contribution < -0.4 is 0 Å². The maximum absolute atomic E-state index is 10.2. The molecule has 0 atom stereocenters. The van der Waals surface area contributed by atoms with E-state index in [9.17, 15) is 9.36 Å². The number of ether oxygens (including phenoxy) is 1. The molecular formula is C6H11O7P. The maximum atomic E-state index is 10.2. The van der Waals surface area contributed by atoms with Gasteiger partial charge in [0.1, 0.15) is 6.61 Å². The molecule has 14 heavy (non-hydrogen) atoms. The average Bonchev–Trinajstić information content (AvgIpc) is 2.01. The molecule has 0 rings (SSSR count). The van der Waals surface area contributed by atoms with Crippen LogP contribution in [-0.4, -0.2) is 34.1 Å². The first-order valence-electron chi connectivity index (χ1n) is 3.54. The second-order valence-electron chi connectivity index (χ2n) is 2.30. The van der Waals surface area contributed by atoms with Gasteiger partial charge in [-0.1, -0.05) is 0 Å². The van der Waals surface area contributed by atoms with Gasteiger partial charge in [0, 0.05) is 0 Å². The summed E-state index contributed by atoms with van der Waals surface area (Å²) in [7, 11) is -4.47. The molecule has 0 saturated heterocycles. The molecule has 0 aromatic heterocycles. The average molecular weight is 226 g/mol. The largest absolute Gasteiger partial charge is 0.498 e. The summed E-state index contributed by atoms with van der Waals surface area (Å²) in [6, 6.07) is 0. The minimum absolute atomic E-state index is 0.0128. The fourth-order valence-corrected chi connectivity index (χ4v) is 0.751. The van der Waals surface area contributed by atoms with Crippen molar-refractivity contribution in [2.45, 2.75) is 6.92 Å². The van der Waals surface area contributed by atoms with Gasteiger partial charge in [-0.15, -0.1) is 0 Å². The van der Waals surface area contributed by atoms with Gasteiger partial charge in [-0.3, -0.25) is 4.52 Å². The van der Waals surface area contributed by atoms with Crippen LogP contribution in [0, 0.1) is 0 Å². The standard InChI is InChI=1S/C6H11O7P/c1-5(6(7)8)4-12-2-3-13-14(9,10)11/h4H,2-3H2,1H3,(H,7,8)(H2,9,10,11). The van der Waals surface area contributed by atoms with Crippen LogP contribution in [0.25, 0.3) is 0 Å². The van der Waals surface area contributed by atoms with E-state index in [0.717, 1.165) is 6.26 Å². The predicted molar refractivity (Wildman–Crippen MR) is 45.3 cm³/mol. The van der Waals surface area contributed by atoms with Gasteiger partial charge < -0.3 is 19.6 Å². The zero-order chi connectivity index (χ0) is 11.2. The minimum Gasteiger partial charge on any atom is -0.498 e. The van der Waals surface area contributed by atoms with Crippen LogP contribution in [0.1, 0.15) is 6.92 Å². The van der Waals surface area contributed by atoms with Gasteiger partial charge in [-0.05, 0) is 6.92 Å². The van der Waals surface area contributed by atoms with E-state index in [0.29, 0.717) is 0 Å². The zero-order valence-corrected chi connectivity index (χ0v) is 8.31. The number of phosphoric acid groups is 1. The fraction of sp³-hybridized carbons (Fsp3) is 0.500. The molecule has 0 radical (unpaired) electrons. The highest BCUT2D eigenvalue weighted by Gasteiger charge is 2.12. The number of phosphoric ester groups is 1. The van der Waals surface area contributed by atoms with Gasteiger partial charge in [-0.2, -0.15) is 0 Å². The summed E-state index contributed by atoms with van der Waals surface area (Å²) in [6.45, 7) is 0.885. The molecule has 82 valence electrons. The van der Waals surface area contributed by atoms with Gasteiger partial charge in [0.15, 0.2) is 0 Å². The molecule has 0 spiro atoms. The van der Waals surface area contributed by atoms with E-state index in [1.165, 1.54) is 6.92 Å². The Morgan fingerprint density at radius 3 is 2.43 bits per heavy atom. The first kappa shape index (κ1) is 13.1. The van der Waals surface area contributed by atoms with Crippen molar-refractivity contribution in [2.24, 2.45) is 0 Å². The molecule has 0 unspecified atom stereocenters. The molecule has 0 bridgehead atoms. The molecule has 3 N–H and O–H groups in total. The van der Waals surface area contributed by atoms with Crippen molar-refractivity contribution in [1.29, 1.82) is 0 Å². The summed E-state index contributed by atoms with van der Waals surface area (Å²) in [5.41, 5.74) is -0.0128. The number of aliphatic carboxylic acids is 1. The van der Waals surface area contributed by atoms with E-state index < -0.39 is 13.8 Å². The number of carboxylic acids is 1. The Morgan fingerprint density at radius 1 is 1.43 bits per heavy atom. The SMILES string of the molecule is CC(=COCCOP(=O)(O)O)C(=O)O. The Morgan fingerprint density at radius 2 is 2.00 bits per heavy atom. The number of carbonyl (C=O) groups is 1. The number of rotatable bonds is 6. The van der Waals surface area contributed by atoms with Crippen LogP contribution in [0.4, 0.5) is 0 Å². The molecule has 0 aromatic carbocycles. The van der Waals surface area contributed by atoms with E-state index in [4.69, 9.17) is 14.9 Å². The topological polar surface area (TPSA) is 113 Å². The van der Waals surface area contributed by atoms with Gasteiger partial charge in [0.05, 0.1) is 18.4 Å². The Kier molecular flexibility index (Phi) is 5.40. The lowest BCUT2D eigenvalue weighted by Crippen LogP contribution is -2.02. The maximum Gasteiger partial charge on any atom is 0.469 e. The monoisotopic (exact) mass is 226 g/mol. The molecule has 0 heterocycles. The van der Waals surface area contributed by atoms with Gasteiger partial charge in [0.2, 0.25) is 0 Å². The lowest BCUT2D eigenvalue weighted by molar-refractivity contribution is -0.132. The lowest BCUT2D eigenvalue weighted by Gasteiger charge is -2.04. The first-order chi connectivity index (χ1) is 6.33. The van der Waals surface area contributed by atoms with E-state index in [1.807, 2.05) is 0 Å². The molecule has 0 aromatic rings. The third-order valence-corrected chi connectivity index (χ3v) is 1.58. The lowest BCUT2D eigenvalue weighted by atomic mass is 10.3. The van der Waals surface area contributed by atoms with Gasteiger partial charge in [-0.25, -0.2) is 9.36 Å². The highest BCUT2D eigenvalue weighted by Crippen LogP contribution is 2.35.